The van der Waals surface area contributed by atoms with E-state index in [1.165, 1.54) is 12.3 Å². The van der Waals surface area contributed by atoms with Crippen LogP contribution in [0, 0.1) is 6.07 Å². The summed E-state index contributed by atoms with van der Waals surface area (Å²) in [5, 5.41) is 12.6. The first-order chi connectivity index (χ1) is 40.0. The summed E-state index contributed by atoms with van der Waals surface area (Å²) in [4.78, 5) is 10.4. The largest absolute Gasteiger partial charge is 0.507 e. The average molecular weight is 1150 g/mol. The number of imidazole rings is 1. The standard InChI is InChI=1S/C68H64N3O.Pt/c1-43(2)50-38-56(44(3)4)65(72)59(39-50)66-70-64-55(27-20-28-62(64)71(66)63-42-57(47-23-16-12-17-24-47)60(68(8,9)10)41-58(63)48-25-18-13-19-26-48)52-35-51(45-21-14-11-15-22-45)36-53(37-52)61-40-49(33-34-69-61)46-29-31-54(32-30-46)67(5,6)7;/h11-36,38-44,72H,1-10H3;/q-1;/i5D3,6D3,7D3,29D,30D,31D,32D;. The zero-order valence-electron chi connectivity index (χ0n) is 54.8. The molecule has 10 rings (SSSR count). The second kappa shape index (κ2) is 20.4. The molecule has 2 heterocycles. The van der Waals surface area contributed by atoms with Gasteiger partial charge in [0.2, 0.25) is 0 Å². The van der Waals surface area contributed by atoms with Crippen molar-refractivity contribution in [2.75, 3.05) is 0 Å². The molecule has 368 valence electrons. The van der Waals surface area contributed by atoms with E-state index in [0.29, 0.717) is 33.6 Å². The summed E-state index contributed by atoms with van der Waals surface area (Å²) < 4.78 is 114. The fourth-order valence-electron chi connectivity index (χ4n) is 9.49. The molecule has 2 aromatic heterocycles. The van der Waals surface area contributed by atoms with Crippen LogP contribution in [0.5, 0.6) is 5.75 Å². The van der Waals surface area contributed by atoms with E-state index >= 15 is 0 Å². The number of hydrogen-bond acceptors (Lipinski definition) is 3. The van der Waals surface area contributed by atoms with Crippen molar-refractivity contribution in [2.45, 2.75) is 91.7 Å². The van der Waals surface area contributed by atoms with E-state index in [0.717, 1.165) is 61.3 Å². The maximum Gasteiger partial charge on any atom is 0.148 e. The van der Waals surface area contributed by atoms with E-state index in [1.807, 2.05) is 103 Å². The first-order valence-corrected chi connectivity index (χ1v) is 24.3. The zero-order chi connectivity index (χ0) is 61.5. The SMILES string of the molecule is [2H]c1c([2H])c(C(C([2H])([2H])[2H])(C([2H])([2H])[2H])C([2H])([2H])[2H])c([2H])c([2H])c1-c1ccnc(-c2[c-]c(-c3cccc4c3nc(-c3cc(C(C)C)cc(C(C)C)c3O)n4-c3cc(-c4ccccc4)c(C(C)(C)C)cc3-c3ccccc3)cc(-c3ccccc3)c2)c1.[Pt]. The Kier molecular flexibility index (Phi) is 10.3. The summed E-state index contributed by atoms with van der Waals surface area (Å²) in [6.07, 6.45) is 1.42. The average Bonchev–Trinajstić information content (AvgIpc) is 0.745. The summed E-state index contributed by atoms with van der Waals surface area (Å²) in [6.45, 7) is 3.58. The first-order valence-electron chi connectivity index (χ1n) is 30.8. The molecule has 0 saturated heterocycles. The molecule has 1 N–H and O–H groups in total. The van der Waals surface area contributed by atoms with Crippen molar-refractivity contribution in [2.24, 2.45) is 0 Å². The van der Waals surface area contributed by atoms with Crippen LogP contribution in [0.4, 0.5) is 0 Å². The topological polar surface area (TPSA) is 50.9 Å². The number of phenols is 1. The van der Waals surface area contributed by atoms with Crippen LogP contribution < -0.4 is 0 Å². The molecule has 0 aliphatic rings. The molecule has 5 heteroatoms. The molecule has 10 aromatic rings. The van der Waals surface area contributed by atoms with Crippen molar-refractivity contribution in [1.29, 1.82) is 0 Å². The van der Waals surface area contributed by atoms with Crippen molar-refractivity contribution in [3.63, 3.8) is 0 Å². The van der Waals surface area contributed by atoms with Crippen LogP contribution in [0.15, 0.2) is 188 Å². The normalized spacial score (nSPS) is 15.0. The van der Waals surface area contributed by atoms with Gasteiger partial charge in [0.1, 0.15) is 11.6 Å². The molecule has 8 aromatic carbocycles. The van der Waals surface area contributed by atoms with Gasteiger partial charge in [-0.2, -0.15) is 0 Å². The van der Waals surface area contributed by atoms with Crippen molar-refractivity contribution >= 4 is 11.0 Å². The molecule has 0 saturated carbocycles. The Hall–Kier alpha value is -7.13. The quantitative estimate of drug-likeness (QED) is 0.139. The predicted molar refractivity (Wildman–Crippen MR) is 303 cm³/mol. The van der Waals surface area contributed by atoms with Crippen molar-refractivity contribution in [3.8, 4) is 89.7 Å². The van der Waals surface area contributed by atoms with Crippen LogP contribution in [0.2, 0.25) is 0 Å². The van der Waals surface area contributed by atoms with Gasteiger partial charge < -0.3 is 5.11 Å². The molecule has 0 atom stereocenters. The third kappa shape index (κ3) is 10.2. The predicted octanol–water partition coefficient (Wildman–Crippen LogP) is 18.4. The Bertz CT molecular complexity index is 4120. The Balaban J connectivity index is 0.00000884. The second-order valence-electron chi connectivity index (χ2n) is 20.1. The summed E-state index contributed by atoms with van der Waals surface area (Å²) >= 11 is 0. The number of rotatable bonds is 10. The number of fused-ring (bicyclic) bond motifs is 1. The van der Waals surface area contributed by atoms with Gasteiger partial charge in [-0.25, -0.2) is 4.98 Å². The molecule has 0 bridgehead atoms. The number of nitrogens with zero attached hydrogens (tertiary/aromatic N) is 3. The zero-order valence-corrected chi connectivity index (χ0v) is 44.1. The minimum Gasteiger partial charge on any atom is -0.507 e. The van der Waals surface area contributed by atoms with Crippen LogP contribution in [0.3, 0.4) is 0 Å². The maximum absolute atomic E-state index is 12.6. The van der Waals surface area contributed by atoms with E-state index in [1.54, 1.807) is 6.07 Å². The Labute approximate surface area is 465 Å². The van der Waals surface area contributed by atoms with Gasteiger partial charge in [-0.15, -0.1) is 23.8 Å². The van der Waals surface area contributed by atoms with E-state index in [2.05, 4.69) is 102 Å². The minimum atomic E-state index is -3.83. The van der Waals surface area contributed by atoms with Crippen LogP contribution in [-0.4, -0.2) is 19.6 Å². The number of aromatic hydroxyl groups is 1. The Morgan fingerprint density at radius 2 is 1.19 bits per heavy atom. The molecule has 4 nitrogen and oxygen atoms in total. The molecular formula is C68H64N3OPt-. The van der Waals surface area contributed by atoms with Gasteiger partial charge in [0.15, 0.2) is 0 Å². The molecule has 0 aliphatic carbocycles. The smallest absolute Gasteiger partial charge is 0.148 e. The van der Waals surface area contributed by atoms with Gasteiger partial charge in [0, 0.05) is 50.9 Å². The van der Waals surface area contributed by atoms with Crippen LogP contribution in [0.25, 0.3) is 95.0 Å². The Morgan fingerprint density at radius 3 is 1.81 bits per heavy atom. The Morgan fingerprint density at radius 1 is 0.562 bits per heavy atom. The fourth-order valence-corrected chi connectivity index (χ4v) is 9.49. The molecule has 0 amide bonds. The monoisotopic (exact) mass is 1150 g/mol. The molecule has 0 radical (unpaired) electrons. The molecule has 0 fully saturated rings. The van der Waals surface area contributed by atoms with Crippen molar-refractivity contribution in [3.05, 3.63) is 216 Å². The number of para-hydroxylation sites is 1. The molecule has 0 unspecified atom stereocenters. The van der Waals surface area contributed by atoms with E-state index < -0.39 is 55.7 Å². The third-order valence-electron chi connectivity index (χ3n) is 13.3. The summed E-state index contributed by atoms with van der Waals surface area (Å²) in [6, 6.07) is 51.6. The third-order valence-corrected chi connectivity index (χ3v) is 13.3. The number of phenolic OH excluding ortho intramolecular Hbond substituents is 1. The first kappa shape index (κ1) is 36.7. The summed E-state index contributed by atoms with van der Waals surface area (Å²) in [5.41, 5.74) is 7.81. The fraction of sp³-hybridized carbons (Fsp3) is 0.206. The molecule has 73 heavy (non-hydrogen) atoms. The van der Waals surface area contributed by atoms with Gasteiger partial charge in [-0.3, -0.25) is 9.55 Å². The molecular weight excluding hydrogens is 1070 g/mol. The van der Waals surface area contributed by atoms with Gasteiger partial charge in [-0.05, 0) is 109 Å². The van der Waals surface area contributed by atoms with E-state index in [4.69, 9.17) is 25.0 Å². The van der Waals surface area contributed by atoms with Gasteiger partial charge >= 0.3 is 0 Å². The number of aromatic nitrogens is 3. The number of pyridine rings is 1. The number of hydrogen-bond donors (Lipinski definition) is 1. The summed E-state index contributed by atoms with van der Waals surface area (Å²) in [7, 11) is 0. The van der Waals surface area contributed by atoms with Gasteiger partial charge in [0.25, 0.3) is 0 Å². The molecule has 0 aliphatic heterocycles. The maximum atomic E-state index is 12.6. The van der Waals surface area contributed by atoms with Crippen molar-refractivity contribution in [1.82, 2.24) is 14.5 Å². The van der Waals surface area contributed by atoms with Crippen LogP contribution >= 0.6 is 0 Å². The van der Waals surface area contributed by atoms with Crippen molar-refractivity contribution < 1.29 is 44.0 Å². The summed E-state index contributed by atoms with van der Waals surface area (Å²) in [5.74, 6) is 0.710. The van der Waals surface area contributed by atoms with Gasteiger partial charge in [-0.1, -0.05) is 225 Å². The van der Waals surface area contributed by atoms with Crippen LogP contribution in [-0.2, 0) is 31.9 Å². The minimum absolute atomic E-state index is 0. The number of benzene rings is 8. The van der Waals surface area contributed by atoms with E-state index in [-0.39, 0.29) is 60.9 Å². The van der Waals surface area contributed by atoms with Crippen LogP contribution in [0.1, 0.15) is 121 Å². The van der Waals surface area contributed by atoms with E-state index in [9.17, 15) is 7.85 Å². The molecule has 0 spiro atoms. The van der Waals surface area contributed by atoms with Gasteiger partial charge in [0.05, 0.1) is 27.8 Å². The second-order valence-corrected chi connectivity index (χ2v) is 20.1.